The lowest BCUT2D eigenvalue weighted by atomic mass is 9.99. The van der Waals surface area contributed by atoms with Gasteiger partial charge in [0.15, 0.2) is 0 Å². The lowest BCUT2D eigenvalue weighted by molar-refractivity contribution is 0.130. The van der Waals surface area contributed by atoms with Crippen LogP contribution in [0.1, 0.15) is 45.4 Å². The third kappa shape index (κ3) is 4.48. The van der Waals surface area contributed by atoms with Crippen LogP contribution in [0.2, 0.25) is 0 Å². The lowest BCUT2D eigenvalue weighted by Crippen LogP contribution is -2.15. The Labute approximate surface area is 87.2 Å². The molecule has 0 saturated carbocycles. The second-order valence-electron chi connectivity index (χ2n) is 3.97. The van der Waals surface area contributed by atoms with Gasteiger partial charge in [0.25, 0.3) is 0 Å². The van der Waals surface area contributed by atoms with Crippen LogP contribution in [0.5, 0.6) is 0 Å². The number of aliphatic hydroxyl groups is 1. The maximum atomic E-state index is 9.74. The summed E-state index contributed by atoms with van der Waals surface area (Å²) in [5.41, 5.74) is 0. The molecule has 1 aliphatic rings. The van der Waals surface area contributed by atoms with Gasteiger partial charge in [0, 0.05) is 12.3 Å². The molecule has 0 fully saturated rings. The summed E-state index contributed by atoms with van der Waals surface area (Å²) in [7, 11) is 0. The fourth-order valence-electron chi connectivity index (χ4n) is 1.57. The van der Waals surface area contributed by atoms with Crippen LogP contribution in [-0.2, 0) is 0 Å². The van der Waals surface area contributed by atoms with Crippen LogP contribution >= 0.6 is 0 Å². The summed E-state index contributed by atoms with van der Waals surface area (Å²) in [6.45, 7) is 2.01. The van der Waals surface area contributed by atoms with Gasteiger partial charge >= 0.3 is 0 Å². The van der Waals surface area contributed by atoms with E-state index in [9.17, 15) is 5.11 Å². The summed E-state index contributed by atoms with van der Waals surface area (Å²) in [6.07, 6.45) is 10.5. The summed E-state index contributed by atoms with van der Waals surface area (Å²) in [4.78, 5) is 0. The molecule has 0 aromatic heterocycles. The first kappa shape index (κ1) is 11.3. The molecule has 0 heterocycles. The highest BCUT2D eigenvalue weighted by Gasteiger charge is 2.10. The molecule has 0 aliphatic heterocycles. The van der Waals surface area contributed by atoms with Crippen molar-refractivity contribution in [3.63, 3.8) is 0 Å². The van der Waals surface area contributed by atoms with Crippen molar-refractivity contribution in [2.24, 2.45) is 5.92 Å². The molecule has 78 valence electrons. The van der Waals surface area contributed by atoms with Gasteiger partial charge in [-0.3, -0.25) is 0 Å². The zero-order chi connectivity index (χ0) is 10.2. The standard InChI is InChI=1S/C13H20O/c1-12-10-8-6-4-2-3-5-7-9-11-13(12)14/h3,5,12-14H,2,4,6-7,9,11H2,1H3/b5-3-. The molecule has 14 heavy (non-hydrogen) atoms. The number of rotatable bonds is 0. The minimum Gasteiger partial charge on any atom is -0.392 e. The molecule has 1 heteroatoms. The molecule has 0 aromatic rings. The molecule has 2 atom stereocenters. The topological polar surface area (TPSA) is 20.2 Å². The fourth-order valence-corrected chi connectivity index (χ4v) is 1.57. The summed E-state index contributed by atoms with van der Waals surface area (Å²) in [6, 6.07) is 0. The van der Waals surface area contributed by atoms with Crippen molar-refractivity contribution < 1.29 is 5.11 Å². The van der Waals surface area contributed by atoms with E-state index in [1.807, 2.05) is 6.92 Å². The monoisotopic (exact) mass is 192 g/mol. The Bertz CT molecular complexity index is 231. The second kappa shape index (κ2) is 6.68. The molecule has 0 bridgehead atoms. The molecule has 1 nitrogen and oxygen atoms in total. The molecule has 0 spiro atoms. The highest BCUT2D eigenvalue weighted by atomic mass is 16.3. The Morgan fingerprint density at radius 2 is 1.93 bits per heavy atom. The molecule has 1 N–H and O–H groups in total. The molecule has 0 saturated heterocycles. The molecule has 1 aliphatic carbocycles. The highest BCUT2D eigenvalue weighted by molar-refractivity contribution is 5.04. The van der Waals surface area contributed by atoms with E-state index in [1.54, 1.807) is 0 Å². The first-order chi connectivity index (χ1) is 6.80. The SMILES string of the molecule is CC1C#CCCC/C=C\CCCC1O. The fraction of sp³-hybridized carbons (Fsp3) is 0.692. The van der Waals surface area contributed by atoms with Gasteiger partial charge in [-0.2, -0.15) is 0 Å². The van der Waals surface area contributed by atoms with Crippen molar-refractivity contribution in [2.45, 2.75) is 51.6 Å². The van der Waals surface area contributed by atoms with Crippen molar-refractivity contribution in [3.8, 4) is 11.8 Å². The van der Waals surface area contributed by atoms with Gasteiger partial charge in [0.05, 0.1) is 6.10 Å². The first-order valence-electron chi connectivity index (χ1n) is 5.62. The average Bonchev–Trinajstić information content (AvgIpc) is 2.18. The Morgan fingerprint density at radius 1 is 1.21 bits per heavy atom. The van der Waals surface area contributed by atoms with Crippen molar-refractivity contribution in [2.75, 3.05) is 0 Å². The maximum Gasteiger partial charge on any atom is 0.0675 e. The van der Waals surface area contributed by atoms with Crippen molar-refractivity contribution in [1.82, 2.24) is 0 Å². The van der Waals surface area contributed by atoms with Gasteiger partial charge in [0.1, 0.15) is 0 Å². The molecule has 0 aromatic carbocycles. The molecule has 0 radical (unpaired) electrons. The van der Waals surface area contributed by atoms with Crippen LogP contribution in [0.4, 0.5) is 0 Å². The van der Waals surface area contributed by atoms with Gasteiger partial charge < -0.3 is 5.11 Å². The van der Waals surface area contributed by atoms with Crippen molar-refractivity contribution >= 4 is 0 Å². The number of aliphatic hydroxyl groups excluding tert-OH is 1. The van der Waals surface area contributed by atoms with Crippen LogP contribution < -0.4 is 0 Å². The molecule has 1 rings (SSSR count). The number of allylic oxidation sites excluding steroid dienone is 2. The van der Waals surface area contributed by atoms with Gasteiger partial charge in [0.2, 0.25) is 0 Å². The minimum absolute atomic E-state index is 0.137. The van der Waals surface area contributed by atoms with E-state index < -0.39 is 0 Å². The Morgan fingerprint density at radius 3 is 2.71 bits per heavy atom. The van der Waals surface area contributed by atoms with Crippen LogP contribution in [0.25, 0.3) is 0 Å². The highest BCUT2D eigenvalue weighted by Crippen LogP contribution is 2.11. The molecular formula is C13H20O. The van der Waals surface area contributed by atoms with Crippen LogP contribution in [0, 0.1) is 17.8 Å². The third-order valence-electron chi connectivity index (χ3n) is 2.62. The minimum atomic E-state index is -0.240. The van der Waals surface area contributed by atoms with Crippen molar-refractivity contribution in [1.29, 1.82) is 0 Å². The lowest BCUT2D eigenvalue weighted by Gasteiger charge is -2.13. The zero-order valence-corrected chi connectivity index (χ0v) is 9.00. The summed E-state index contributed by atoms with van der Waals surface area (Å²) < 4.78 is 0. The normalized spacial score (nSPS) is 31.9. The summed E-state index contributed by atoms with van der Waals surface area (Å²) in [5.74, 6) is 6.40. The third-order valence-corrected chi connectivity index (χ3v) is 2.62. The van der Waals surface area contributed by atoms with Gasteiger partial charge in [-0.15, -0.1) is 5.92 Å². The summed E-state index contributed by atoms with van der Waals surface area (Å²) in [5, 5.41) is 9.74. The quantitative estimate of drug-likeness (QED) is 0.462. The Hall–Kier alpha value is -0.740. The van der Waals surface area contributed by atoms with Gasteiger partial charge in [-0.1, -0.05) is 18.1 Å². The van der Waals surface area contributed by atoms with Crippen LogP contribution in [0.3, 0.4) is 0 Å². The molecule has 2 unspecified atom stereocenters. The Balaban J connectivity index is 2.46. The van der Waals surface area contributed by atoms with E-state index in [1.165, 1.54) is 0 Å². The smallest absolute Gasteiger partial charge is 0.0675 e. The molecular weight excluding hydrogens is 172 g/mol. The van der Waals surface area contributed by atoms with E-state index in [4.69, 9.17) is 0 Å². The van der Waals surface area contributed by atoms with Crippen LogP contribution in [0.15, 0.2) is 12.2 Å². The Kier molecular flexibility index (Phi) is 5.40. The zero-order valence-electron chi connectivity index (χ0n) is 9.00. The van der Waals surface area contributed by atoms with E-state index in [2.05, 4.69) is 24.0 Å². The van der Waals surface area contributed by atoms with Crippen molar-refractivity contribution in [3.05, 3.63) is 12.2 Å². The number of hydrogen-bond acceptors (Lipinski definition) is 1. The van der Waals surface area contributed by atoms with E-state index in [-0.39, 0.29) is 12.0 Å². The predicted octanol–water partition coefficient (Wildman–Crippen LogP) is 2.90. The van der Waals surface area contributed by atoms with E-state index in [0.717, 1.165) is 38.5 Å². The van der Waals surface area contributed by atoms with Gasteiger partial charge in [-0.25, -0.2) is 0 Å². The largest absolute Gasteiger partial charge is 0.392 e. The summed E-state index contributed by atoms with van der Waals surface area (Å²) >= 11 is 0. The van der Waals surface area contributed by atoms with Crippen LogP contribution in [-0.4, -0.2) is 11.2 Å². The van der Waals surface area contributed by atoms with E-state index >= 15 is 0 Å². The maximum absolute atomic E-state index is 9.74. The van der Waals surface area contributed by atoms with Gasteiger partial charge in [-0.05, 0) is 39.0 Å². The molecule has 0 amide bonds. The number of hydrogen-bond donors (Lipinski definition) is 1. The predicted molar refractivity (Wildman–Crippen MR) is 59.8 cm³/mol. The first-order valence-corrected chi connectivity index (χ1v) is 5.62. The van der Waals surface area contributed by atoms with E-state index in [0.29, 0.717) is 0 Å². The second-order valence-corrected chi connectivity index (χ2v) is 3.97. The average molecular weight is 192 g/mol.